The Bertz CT molecular complexity index is 451. The van der Waals surface area contributed by atoms with E-state index in [1.165, 1.54) is 4.31 Å². The SMILES string of the molecule is CC(C)N(C)S(=O)(=O)Cc1ccc(CO)cc1. The lowest BCUT2D eigenvalue weighted by Gasteiger charge is -2.20. The van der Waals surface area contributed by atoms with E-state index in [0.29, 0.717) is 0 Å². The van der Waals surface area contributed by atoms with E-state index in [2.05, 4.69) is 0 Å². The van der Waals surface area contributed by atoms with Crippen LogP contribution in [0.1, 0.15) is 25.0 Å². The highest BCUT2D eigenvalue weighted by Gasteiger charge is 2.20. The third-order valence-corrected chi connectivity index (χ3v) is 4.72. The van der Waals surface area contributed by atoms with Gasteiger partial charge in [-0.3, -0.25) is 0 Å². The van der Waals surface area contributed by atoms with Crippen molar-refractivity contribution in [1.82, 2.24) is 4.31 Å². The van der Waals surface area contributed by atoms with Crippen molar-refractivity contribution in [2.45, 2.75) is 32.2 Å². The van der Waals surface area contributed by atoms with Gasteiger partial charge in [0.05, 0.1) is 12.4 Å². The van der Waals surface area contributed by atoms with Crippen LogP contribution >= 0.6 is 0 Å². The first-order valence-electron chi connectivity index (χ1n) is 5.51. The number of sulfonamides is 1. The molecule has 0 fully saturated rings. The minimum atomic E-state index is -3.26. The van der Waals surface area contributed by atoms with Crippen LogP contribution in [-0.2, 0) is 22.4 Å². The second kappa shape index (κ2) is 5.62. The molecule has 4 nitrogen and oxygen atoms in total. The summed E-state index contributed by atoms with van der Waals surface area (Å²) in [5.74, 6) is -0.00656. The third-order valence-electron chi connectivity index (χ3n) is 2.72. The summed E-state index contributed by atoms with van der Waals surface area (Å²) in [5, 5.41) is 8.90. The molecule has 1 rings (SSSR count). The van der Waals surface area contributed by atoms with E-state index >= 15 is 0 Å². The minimum absolute atomic E-state index is 0.00656. The number of rotatable bonds is 5. The quantitative estimate of drug-likeness (QED) is 0.866. The van der Waals surface area contributed by atoms with Crippen LogP contribution in [0.5, 0.6) is 0 Å². The van der Waals surface area contributed by atoms with Gasteiger partial charge in [-0.15, -0.1) is 0 Å². The van der Waals surface area contributed by atoms with E-state index in [1.54, 1.807) is 31.3 Å². The van der Waals surface area contributed by atoms with Crippen molar-refractivity contribution in [3.8, 4) is 0 Å². The predicted molar refractivity (Wildman–Crippen MR) is 67.9 cm³/mol. The number of aliphatic hydroxyl groups is 1. The molecule has 0 atom stereocenters. The molecule has 1 aromatic carbocycles. The van der Waals surface area contributed by atoms with Gasteiger partial charge in [0, 0.05) is 13.1 Å². The van der Waals surface area contributed by atoms with Crippen molar-refractivity contribution in [1.29, 1.82) is 0 Å². The Morgan fingerprint density at radius 1 is 1.18 bits per heavy atom. The highest BCUT2D eigenvalue weighted by Crippen LogP contribution is 2.13. The highest BCUT2D eigenvalue weighted by molar-refractivity contribution is 7.88. The van der Waals surface area contributed by atoms with Gasteiger partial charge in [-0.05, 0) is 25.0 Å². The Kier molecular flexibility index (Phi) is 4.68. The van der Waals surface area contributed by atoms with E-state index < -0.39 is 10.0 Å². The summed E-state index contributed by atoms with van der Waals surface area (Å²) in [6.07, 6.45) is 0. The average molecular weight is 257 g/mol. The second-order valence-corrected chi connectivity index (χ2v) is 6.37. The zero-order chi connectivity index (χ0) is 13.1. The standard InChI is InChI=1S/C12H19NO3S/c1-10(2)13(3)17(15,16)9-12-6-4-11(8-14)5-7-12/h4-7,10,14H,8-9H2,1-3H3. The van der Waals surface area contributed by atoms with Crippen molar-refractivity contribution in [3.63, 3.8) is 0 Å². The fraction of sp³-hybridized carbons (Fsp3) is 0.500. The van der Waals surface area contributed by atoms with Crippen LogP contribution in [0, 0.1) is 0 Å². The van der Waals surface area contributed by atoms with Crippen LogP contribution in [0.4, 0.5) is 0 Å². The smallest absolute Gasteiger partial charge is 0.218 e. The number of benzene rings is 1. The Morgan fingerprint density at radius 3 is 2.06 bits per heavy atom. The van der Waals surface area contributed by atoms with Crippen molar-refractivity contribution in [2.75, 3.05) is 7.05 Å². The Labute approximate surface area is 103 Å². The van der Waals surface area contributed by atoms with Crippen LogP contribution in [-0.4, -0.2) is 30.9 Å². The summed E-state index contributed by atoms with van der Waals surface area (Å²) in [6, 6.07) is 6.89. The molecular weight excluding hydrogens is 238 g/mol. The van der Waals surface area contributed by atoms with Crippen LogP contribution in [0.2, 0.25) is 0 Å². The van der Waals surface area contributed by atoms with Gasteiger partial charge in [-0.1, -0.05) is 24.3 Å². The summed E-state index contributed by atoms with van der Waals surface area (Å²) in [6.45, 7) is 3.65. The maximum absolute atomic E-state index is 12.0. The van der Waals surface area contributed by atoms with Gasteiger partial charge in [0.1, 0.15) is 0 Å². The molecule has 0 unspecified atom stereocenters. The highest BCUT2D eigenvalue weighted by atomic mass is 32.2. The Balaban J connectivity index is 2.83. The number of nitrogens with zero attached hydrogens (tertiary/aromatic N) is 1. The van der Waals surface area contributed by atoms with E-state index in [-0.39, 0.29) is 18.4 Å². The van der Waals surface area contributed by atoms with Crippen LogP contribution in [0.15, 0.2) is 24.3 Å². The zero-order valence-electron chi connectivity index (χ0n) is 10.4. The predicted octanol–water partition coefficient (Wildman–Crippen LogP) is 1.35. The molecule has 17 heavy (non-hydrogen) atoms. The summed E-state index contributed by atoms with van der Waals surface area (Å²) in [5.41, 5.74) is 1.51. The normalized spacial score (nSPS) is 12.4. The summed E-state index contributed by atoms with van der Waals surface area (Å²) in [7, 11) is -1.68. The summed E-state index contributed by atoms with van der Waals surface area (Å²) in [4.78, 5) is 0. The molecule has 0 spiro atoms. The molecule has 0 aliphatic rings. The molecule has 0 bridgehead atoms. The molecule has 0 saturated heterocycles. The van der Waals surface area contributed by atoms with Crippen LogP contribution in [0.3, 0.4) is 0 Å². The molecule has 1 N–H and O–H groups in total. The van der Waals surface area contributed by atoms with Gasteiger partial charge in [-0.25, -0.2) is 12.7 Å². The maximum Gasteiger partial charge on any atom is 0.218 e. The molecule has 0 aromatic heterocycles. The Morgan fingerprint density at radius 2 is 1.65 bits per heavy atom. The van der Waals surface area contributed by atoms with E-state index in [1.807, 2.05) is 13.8 Å². The van der Waals surface area contributed by atoms with E-state index in [0.717, 1.165) is 11.1 Å². The van der Waals surface area contributed by atoms with Crippen molar-refractivity contribution in [2.24, 2.45) is 0 Å². The molecule has 0 aliphatic heterocycles. The van der Waals surface area contributed by atoms with Gasteiger partial charge in [0.15, 0.2) is 0 Å². The lowest BCUT2D eigenvalue weighted by Crippen LogP contribution is -2.33. The molecule has 0 amide bonds. The molecule has 0 aliphatic carbocycles. The second-order valence-electron chi connectivity index (χ2n) is 4.34. The van der Waals surface area contributed by atoms with Crippen LogP contribution < -0.4 is 0 Å². The third kappa shape index (κ3) is 3.80. The summed E-state index contributed by atoms with van der Waals surface area (Å²) >= 11 is 0. The van der Waals surface area contributed by atoms with Gasteiger partial charge < -0.3 is 5.11 Å². The fourth-order valence-corrected chi connectivity index (χ4v) is 2.83. The molecule has 96 valence electrons. The first-order valence-corrected chi connectivity index (χ1v) is 7.12. The van der Waals surface area contributed by atoms with Crippen molar-refractivity contribution >= 4 is 10.0 Å². The van der Waals surface area contributed by atoms with Crippen LogP contribution in [0.25, 0.3) is 0 Å². The monoisotopic (exact) mass is 257 g/mol. The minimum Gasteiger partial charge on any atom is -0.392 e. The van der Waals surface area contributed by atoms with Crippen molar-refractivity contribution in [3.05, 3.63) is 35.4 Å². The van der Waals surface area contributed by atoms with Gasteiger partial charge in [0.2, 0.25) is 10.0 Å². The lowest BCUT2D eigenvalue weighted by atomic mass is 10.2. The van der Waals surface area contributed by atoms with Crippen molar-refractivity contribution < 1.29 is 13.5 Å². The molecule has 1 aromatic rings. The number of aliphatic hydroxyl groups excluding tert-OH is 1. The van der Waals surface area contributed by atoms with E-state index in [9.17, 15) is 8.42 Å². The first kappa shape index (κ1) is 14.2. The number of hydrogen-bond donors (Lipinski definition) is 1. The lowest BCUT2D eigenvalue weighted by molar-refractivity contribution is 0.282. The Hall–Kier alpha value is -0.910. The molecule has 0 saturated carbocycles. The molecule has 0 heterocycles. The van der Waals surface area contributed by atoms with Gasteiger partial charge >= 0.3 is 0 Å². The first-order chi connectivity index (χ1) is 7.86. The average Bonchev–Trinajstić information content (AvgIpc) is 2.28. The summed E-state index contributed by atoms with van der Waals surface area (Å²) < 4.78 is 25.3. The van der Waals surface area contributed by atoms with E-state index in [4.69, 9.17) is 5.11 Å². The zero-order valence-corrected chi connectivity index (χ0v) is 11.2. The molecule has 5 heteroatoms. The van der Waals surface area contributed by atoms with Gasteiger partial charge in [0.25, 0.3) is 0 Å². The molecular formula is C12H19NO3S. The topological polar surface area (TPSA) is 57.6 Å². The number of hydrogen-bond acceptors (Lipinski definition) is 3. The largest absolute Gasteiger partial charge is 0.392 e. The maximum atomic E-state index is 12.0. The fourth-order valence-electron chi connectivity index (χ4n) is 1.37. The van der Waals surface area contributed by atoms with Gasteiger partial charge in [-0.2, -0.15) is 0 Å². The molecule has 0 radical (unpaired) electrons.